The molecule has 3 nitrogen and oxygen atoms in total. The highest BCUT2D eigenvalue weighted by molar-refractivity contribution is 6.36. The lowest BCUT2D eigenvalue weighted by Gasteiger charge is -2.12. The van der Waals surface area contributed by atoms with Crippen molar-refractivity contribution in [3.05, 3.63) is 0 Å². The molecular weight excluding hydrogens is 194 g/mol. The number of hydrogen-bond donors (Lipinski definition) is 1. The molecule has 0 aliphatic rings. The van der Waals surface area contributed by atoms with E-state index in [2.05, 4.69) is 12.2 Å². The first kappa shape index (κ1) is 14.1. The summed E-state index contributed by atoms with van der Waals surface area (Å²) >= 11 is 0. The highest BCUT2D eigenvalue weighted by Crippen LogP contribution is 1.96. The molecule has 0 rings (SSSR count). The van der Waals surface area contributed by atoms with Gasteiger partial charge in [0.15, 0.2) is 0 Å². The first-order valence-electron chi connectivity index (χ1n) is 5.61. The zero-order chi connectivity index (χ0) is 10.6. The van der Waals surface area contributed by atoms with Crippen molar-refractivity contribution in [3.8, 4) is 0 Å². The predicted molar refractivity (Wildman–Crippen MR) is 63.4 cm³/mol. The van der Waals surface area contributed by atoms with E-state index in [1.165, 1.54) is 25.7 Å². The Balaban J connectivity index is 3.04. The van der Waals surface area contributed by atoms with E-state index >= 15 is 0 Å². The largest absolute Gasteiger partial charge is 0.360 e. The minimum absolute atomic E-state index is 0.0816. The van der Waals surface area contributed by atoms with E-state index in [4.69, 9.17) is 9.47 Å². The number of methoxy groups -OCH3 is 2. The van der Waals surface area contributed by atoms with Gasteiger partial charge in [0.25, 0.3) is 0 Å². The smallest absolute Gasteiger partial charge is 0.135 e. The van der Waals surface area contributed by atoms with Crippen molar-refractivity contribution < 1.29 is 9.47 Å². The van der Waals surface area contributed by atoms with Crippen LogP contribution in [0, 0.1) is 0 Å². The topological polar surface area (TPSA) is 30.5 Å². The van der Waals surface area contributed by atoms with Crippen LogP contribution in [0.1, 0.15) is 32.6 Å². The molecule has 0 amide bonds. The van der Waals surface area contributed by atoms with E-state index in [-0.39, 0.29) is 15.4 Å². The summed E-state index contributed by atoms with van der Waals surface area (Å²) in [7, 11) is 3.15. The molecule has 0 heterocycles. The van der Waals surface area contributed by atoms with E-state index in [9.17, 15) is 0 Å². The van der Waals surface area contributed by atoms with Gasteiger partial charge >= 0.3 is 0 Å². The average molecular weight is 219 g/mol. The molecule has 0 atom stereocenters. The van der Waals surface area contributed by atoms with Gasteiger partial charge in [0.2, 0.25) is 0 Å². The van der Waals surface area contributed by atoms with Gasteiger partial charge in [-0.1, -0.05) is 26.2 Å². The molecule has 0 spiro atoms. The van der Waals surface area contributed by atoms with Gasteiger partial charge < -0.3 is 14.8 Å². The lowest BCUT2D eigenvalue weighted by Crippen LogP contribution is -2.31. The number of hydrogen-bond acceptors (Lipinski definition) is 3. The third kappa shape index (κ3) is 8.68. The molecule has 0 unspecified atom stereocenters. The van der Waals surface area contributed by atoms with E-state index < -0.39 is 0 Å². The summed E-state index contributed by atoms with van der Waals surface area (Å²) in [6.07, 6.45) is 6.43. The fourth-order valence-electron chi connectivity index (χ4n) is 1.35. The van der Waals surface area contributed by atoms with Crippen LogP contribution in [0.25, 0.3) is 0 Å². The van der Waals surface area contributed by atoms with E-state index in [1.54, 1.807) is 14.2 Å². The van der Waals surface area contributed by atoms with Gasteiger partial charge in [-0.2, -0.15) is 0 Å². The number of nitrogens with one attached hydrogen (secondary N) is 1. The monoisotopic (exact) mass is 219 g/mol. The second kappa shape index (κ2) is 11.2. The molecule has 0 fully saturated rings. The van der Waals surface area contributed by atoms with Crippen molar-refractivity contribution in [1.29, 1.82) is 0 Å². The number of rotatable bonds is 10. The average Bonchev–Trinajstić information content (AvgIpc) is 2.22. The van der Waals surface area contributed by atoms with E-state index in [1.807, 2.05) is 0 Å². The zero-order valence-electron chi connectivity index (χ0n) is 9.84. The summed E-state index contributed by atoms with van der Waals surface area (Å²) in [5.74, 6) is 0.0816. The van der Waals surface area contributed by atoms with Gasteiger partial charge in [-0.05, 0) is 19.1 Å². The first-order chi connectivity index (χ1) is 6.85. The van der Waals surface area contributed by atoms with Gasteiger partial charge in [-0.3, -0.25) is 0 Å². The molecule has 0 saturated carbocycles. The van der Waals surface area contributed by atoms with Crippen LogP contribution >= 0.6 is 0 Å². The van der Waals surface area contributed by atoms with Gasteiger partial charge in [0, 0.05) is 14.2 Å². The molecule has 0 aromatic carbocycles. The fourth-order valence-corrected chi connectivity index (χ4v) is 2.51. The first-order valence-corrected chi connectivity index (χ1v) is 7.43. The Morgan fingerprint density at radius 2 is 1.86 bits per heavy atom. The quantitative estimate of drug-likeness (QED) is 0.336. The van der Waals surface area contributed by atoms with Gasteiger partial charge in [-0.25, -0.2) is 0 Å². The van der Waals surface area contributed by atoms with Crippen LogP contribution in [0.15, 0.2) is 0 Å². The summed E-state index contributed by atoms with van der Waals surface area (Å²) in [6, 6.07) is 0. The minimum Gasteiger partial charge on any atom is -0.360 e. The Labute approximate surface area is 90.4 Å². The molecule has 0 aliphatic carbocycles. The lowest BCUT2D eigenvalue weighted by molar-refractivity contribution is -0.0441. The molecule has 86 valence electrons. The third-order valence-electron chi connectivity index (χ3n) is 2.29. The molecular formula is C10H25NO2Si. The molecule has 14 heavy (non-hydrogen) atoms. The Morgan fingerprint density at radius 3 is 2.43 bits per heavy atom. The van der Waals surface area contributed by atoms with Crippen LogP contribution < -0.4 is 5.32 Å². The maximum Gasteiger partial charge on any atom is 0.135 e. The van der Waals surface area contributed by atoms with Crippen molar-refractivity contribution in [2.75, 3.05) is 26.9 Å². The molecule has 1 N–H and O–H groups in total. The second-order valence-electron chi connectivity index (χ2n) is 3.50. The second-order valence-corrected chi connectivity index (χ2v) is 5.24. The Hall–Kier alpha value is 0.0969. The molecule has 0 saturated heterocycles. The van der Waals surface area contributed by atoms with Crippen molar-refractivity contribution in [3.63, 3.8) is 0 Å². The highest BCUT2D eigenvalue weighted by Gasteiger charge is 2.03. The third-order valence-corrected chi connectivity index (χ3v) is 4.07. The zero-order valence-corrected chi connectivity index (χ0v) is 11.3. The van der Waals surface area contributed by atoms with Crippen LogP contribution in [-0.4, -0.2) is 42.4 Å². The molecule has 0 radical (unpaired) electrons. The summed E-state index contributed by atoms with van der Waals surface area (Å²) < 4.78 is 10.3. The van der Waals surface area contributed by atoms with Crippen molar-refractivity contribution in [2.45, 2.75) is 38.5 Å². The van der Waals surface area contributed by atoms with Gasteiger partial charge in [-0.15, -0.1) is 0 Å². The molecule has 0 bridgehead atoms. The summed E-state index contributed by atoms with van der Waals surface area (Å²) in [5.41, 5.74) is 0. The van der Waals surface area contributed by atoms with Crippen molar-refractivity contribution in [2.24, 2.45) is 0 Å². The summed E-state index contributed by atoms with van der Waals surface area (Å²) in [5, 5.41) is 3.45. The Kier molecular flexibility index (Phi) is 11.3. The summed E-state index contributed by atoms with van der Waals surface area (Å²) in [6.45, 7) is 3.38. The van der Waals surface area contributed by atoms with E-state index in [0.29, 0.717) is 0 Å². The number of unbranched alkanes of at least 4 members (excludes halogenated alkanes) is 3. The van der Waals surface area contributed by atoms with Crippen LogP contribution in [0.5, 0.6) is 0 Å². The molecule has 0 aliphatic heterocycles. The normalized spacial score (nSPS) is 12.0. The van der Waals surface area contributed by atoms with Gasteiger partial charge in [0.05, 0.1) is 0 Å². The molecule has 4 heteroatoms. The fraction of sp³-hybridized carbons (Fsp3) is 1.00. The van der Waals surface area contributed by atoms with E-state index in [0.717, 1.165) is 12.7 Å². The Morgan fingerprint density at radius 1 is 1.14 bits per heavy atom. The summed E-state index contributed by atoms with van der Waals surface area (Å²) in [4.78, 5) is 0. The lowest BCUT2D eigenvalue weighted by atomic mass is 10.2. The molecule has 0 aromatic heterocycles. The van der Waals surface area contributed by atoms with Gasteiger partial charge in [0.1, 0.15) is 15.4 Å². The molecule has 0 aromatic rings. The Bertz CT molecular complexity index is 110. The standard InChI is InChI=1S/C10H25NO2Si/c1-4-5-6-7-8-11-9-14-10(12-2)13-3/h10-11H,4-9,14H2,1-3H3. The predicted octanol–water partition coefficient (Wildman–Crippen LogP) is 0.859. The minimum atomic E-state index is -0.270. The number of ether oxygens (including phenoxy) is 2. The van der Waals surface area contributed by atoms with Crippen LogP contribution in [0.2, 0.25) is 0 Å². The van der Waals surface area contributed by atoms with Crippen LogP contribution in [0.3, 0.4) is 0 Å². The van der Waals surface area contributed by atoms with Crippen molar-refractivity contribution in [1.82, 2.24) is 5.32 Å². The van der Waals surface area contributed by atoms with Crippen LogP contribution in [0.4, 0.5) is 0 Å². The highest BCUT2D eigenvalue weighted by atomic mass is 28.2. The SMILES string of the molecule is CCCCCCNC[SiH2]C(OC)OC. The van der Waals surface area contributed by atoms with Crippen molar-refractivity contribution >= 4 is 9.52 Å². The maximum absolute atomic E-state index is 5.14. The maximum atomic E-state index is 5.14. The van der Waals surface area contributed by atoms with Crippen LogP contribution in [-0.2, 0) is 9.47 Å².